The first kappa shape index (κ1) is 14.8. The molecule has 1 heterocycles. The lowest BCUT2D eigenvalue weighted by atomic mass is 10.2. The zero-order chi connectivity index (χ0) is 15.6. The van der Waals surface area contributed by atoms with Crippen molar-refractivity contribution in [2.24, 2.45) is 0 Å². The second-order valence-corrected chi connectivity index (χ2v) is 5.94. The van der Waals surface area contributed by atoms with Gasteiger partial charge in [-0.25, -0.2) is 8.42 Å². The summed E-state index contributed by atoms with van der Waals surface area (Å²) < 4.78 is 30.7. The van der Waals surface area contributed by atoms with Crippen LogP contribution in [-0.2, 0) is 15.8 Å². The van der Waals surface area contributed by atoms with Crippen molar-refractivity contribution in [3.63, 3.8) is 0 Å². The highest BCUT2D eigenvalue weighted by Crippen LogP contribution is 2.34. The maximum absolute atomic E-state index is 12.0. The van der Waals surface area contributed by atoms with Crippen LogP contribution in [0.15, 0.2) is 28.8 Å². The molecule has 0 radical (unpaired) electrons. The molecule has 0 unspecified atom stereocenters. The van der Waals surface area contributed by atoms with Crippen LogP contribution < -0.4 is 4.72 Å². The molecular weight excluding hydrogens is 302 g/mol. The summed E-state index contributed by atoms with van der Waals surface area (Å²) in [4.78, 5) is 10.1. The van der Waals surface area contributed by atoms with Crippen LogP contribution in [0.1, 0.15) is 11.5 Å². The zero-order valence-electron chi connectivity index (χ0n) is 10.8. The number of rotatable bonds is 5. The molecule has 2 rings (SSSR count). The fraction of sp³-hybridized carbons (Fsp3) is 0.182. The van der Waals surface area contributed by atoms with Crippen molar-refractivity contribution < 1.29 is 23.0 Å². The summed E-state index contributed by atoms with van der Waals surface area (Å²) in [7, 11) is -3.99. The van der Waals surface area contributed by atoms with E-state index in [1.807, 2.05) is 4.72 Å². The quantitative estimate of drug-likeness (QED) is 0.485. The predicted molar refractivity (Wildman–Crippen MR) is 72.2 cm³/mol. The van der Waals surface area contributed by atoms with E-state index in [2.05, 4.69) is 5.16 Å². The molecule has 2 aromatic rings. The van der Waals surface area contributed by atoms with Crippen molar-refractivity contribution in [3.05, 3.63) is 45.8 Å². The van der Waals surface area contributed by atoms with Gasteiger partial charge in [-0.3, -0.25) is 14.8 Å². The van der Waals surface area contributed by atoms with E-state index in [0.29, 0.717) is 5.76 Å². The van der Waals surface area contributed by atoms with E-state index < -0.39 is 37.8 Å². The van der Waals surface area contributed by atoms with Gasteiger partial charge < -0.3 is 9.63 Å². The molecule has 1 aromatic carbocycles. The molecule has 0 atom stereocenters. The van der Waals surface area contributed by atoms with E-state index in [1.165, 1.54) is 12.1 Å². The highest BCUT2D eigenvalue weighted by atomic mass is 32.2. The Kier molecular flexibility index (Phi) is 3.80. The number of sulfonamides is 1. The van der Waals surface area contributed by atoms with Gasteiger partial charge in [0.1, 0.15) is 23.0 Å². The minimum absolute atomic E-state index is 0.151. The number of phenols is 1. The molecule has 10 heteroatoms. The number of anilines is 1. The molecule has 0 aliphatic rings. The largest absolute Gasteiger partial charge is 0.505 e. The highest BCUT2D eigenvalue weighted by molar-refractivity contribution is 7.91. The monoisotopic (exact) mass is 313 g/mol. The number of aromatic hydroxyl groups is 1. The maximum Gasteiger partial charge on any atom is 0.297 e. The van der Waals surface area contributed by atoms with Crippen molar-refractivity contribution in [3.8, 4) is 5.75 Å². The number of aromatic nitrogens is 1. The molecule has 9 nitrogen and oxygen atoms in total. The van der Waals surface area contributed by atoms with Gasteiger partial charge in [-0.1, -0.05) is 11.2 Å². The van der Waals surface area contributed by atoms with Crippen molar-refractivity contribution in [1.82, 2.24) is 5.16 Å². The average Bonchev–Trinajstić information content (AvgIpc) is 2.75. The van der Waals surface area contributed by atoms with Crippen LogP contribution >= 0.6 is 0 Å². The first-order valence-electron chi connectivity index (χ1n) is 5.67. The second-order valence-electron chi connectivity index (χ2n) is 4.22. The van der Waals surface area contributed by atoms with Gasteiger partial charge in [0.05, 0.1) is 4.92 Å². The smallest absolute Gasteiger partial charge is 0.297 e. The zero-order valence-corrected chi connectivity index (χ0v) is 11.6. The molecule has 2 N–H and O–H groups in total. The Morgan fingerprint density at radius 2 is 2.19 bits per heavy atom. The minimum Gasteiger partial charge on any atom is -0.505 e. The van der Waals surface area contributed by atoms with Gasteiger partial charge in [0.2, 0.25) is 10.0 Å². The lowest BCUT2D eigenvalue weighted by molar-refractivity contribution is -0.383. The summed E-state index contributed by atoms with van der Waals surface area (Å²) in [6.45, 7) is 1.60. The molecule has 112 valence electrons. The van der Waals surface area contributed by atoms with Gasteiger partial charge >= 0.3 is 0 Å². The van der Waals surface area contributed by atoms with Gasteiger partial charge in [0, 0.05) is 12.1 Å². The standard InChI is InChI=1S/C11H11N3O6S/c1-7-5-8(12-20-7)6-21(18,19)13-11-9(14(16)17)3-2-4-10(11)15/h2-5,13,15H,6H2,1H3. The highest BCUT2D eigenvalue weighted by Gasteiger charge is 2.23. The lowest BCUT2D eigenvalue weighted by Crippen LogP contribution is -2.16. The summed E-state index contributed by atoms with van der Waals surface area (Å²) in [5, 5.41) is 24.0. The Balaban J connectivity index is 2.30. The Hall–Kier alpha value is -2.62. The molecule has 0 fully saturated rings. The van der Waals surface area contributed by atoms with Crippen molar-refractivity contribution in [2.45, 2.75) is 12.7 Å². The normalized spacial score (nSPS) is 11.3. The number of hydrogen-bond donors (Lipinski definition) is 2. The van der Waals surface area contributed by atoms with Crippen molar-refractivity contribution >= 4 is 21.4 Å². The molecule has 0 aliphatic carbocycles. The third-order valence-corrected chi connectivity index (χ3v) is 3.68. The third kappa shape index (κ3) is 3.48. The van der Waals surface area contributed by atoms with Crippen LogP contribution in [0.4, 0.5) is 11.4 Å². The number of nitro benzene ring substituents is 1. The molecular formula is C11H11N3O6S. The first-order chi connectivity index (χ1) is 9.78. The number of nitro groups is 1. The molecule has 0 saturated carbocycles. The van der Waals surface area contributed by atoms with E-state index in [-0.39, 0.29) is 5.69 Å². The number of hydrogen-bond acceptors (Lipinski definition) is 7. The van der Waals surface area contributed by atoms with Gasteiger partial charge in [0.15, 0.2) is 5.69 Å². The van der Waals surface area contributed by atoms with Crippen LogP contribution in [0.2, 0.25) is 0 Å². The molecule has 21 heavy (non-hydrogen) atoms. The Morgan fingerprint density at radius 1 is 1.48 bits per heavy atom. The summed E-state index contributed by atoms with van der Waals surface area (Å²) >= 11 is 0. The average molecular weight is 313 g/mol. The first-order valence-corrected chi connectivity index (χ1v) is 7.33. The number of benzene rings is 1. The van der Waals surface area contributed by atoms with E-state index in [9.17, 15) is 23.6 Å². The van der Waals surface area contributed by atoms with E-state index in [4.69, 9.17) is 4.52 Å². The summed E-state index contributed by atoms with van der Waals surface area (Å²) in [5.74, 6) is -0.631. The molecule has 1 aromatic heterocycles. The van der Waals surface area contributed by atoms with Gasteiger partial charge in [-0.15, -0.1) is 0 Å². The number of aryl methyl sites for hydroxylation is 1. The Labute approximate surface area is 119 Å². The van der Waals surface area contributed by atoms with Crippen LogP contribution in [0, 0.1) is 17.0 Å². The van der Waals surface area contributed by atoms with Gasteiger partial charge in [0.25, 0.3) is 5.69 Å². The number of nitrogens with zero attached hydrogens (tertiary/aromatic N) is 2. The van der Waals surface area contributed by atoms with Crippen LogP contribution in [0.3, 0.4) is 0 Å². The maximum atomic E-state index is 12.0. The van der Waals surface area contributed by atoms with E-state index >= 15 is 0 Å². The Bertz CT molecular complexity index is 783. The van der Waals surface area contributed by atoms with Gasteiger partial charge in [-0.2, -0.15) is 0 Å². The number of phenolic OH excluding ortho intramolecular Hbond substituents is 1. The molecule has 0 amide bonds. The van der Waals surface area contributed by atoms with Crippen LogP contribution in [0.5, 0.6) is 5.75 Å². The molecule has 0 aliphatic heterocycles. The number of para-hydroxylation sites is 1. The lowest BCUT2D eigenvalue weighted by Gasteiger charge is -2.08. The van der Waals surface area contributed by atoms with Crippen molar-refractivity contribution in [2.75, 3.05) is 4.72 Å². The number of nitrogens with one attached hydrogen (secondary N) is 1. The van der Waals surface area contributed by atoms with E-state index in [0.717, 1.165) is 12.1 Å². The molecule has 0 saturated heterocycles. The van der Waals surface area contributed by atoms with E-state index in [1.54, 1.807) is 6.92 Å². The Morgan fingerprint density at radius 3 is 2.76 bits per heavy atom. The fourth-order valence-electron chi connectivity index (χ4n) is 1.66. The van der Waals surface area contributed by atoms with Gasteiger partial charge in [-0.05, 0) is 13.0 Å². The molecule has 0 spiro atoms. The SMILES string of the molecule is Cc1cc(CS(=O)(=O)Nc2c(O)cccc2[N+](=O)[O-])no1. The summed E-state index contributed by atoms with van der Waals surface area (Å²) in [5.41, 5.74) is -0.879. The third-order valence-electron chi connectivity index (χ3n) is 2.49. The summed E-state index contributed by atoms with van der Waals surface area (Å²) in [6, 6.07) is 4.90. The fourth-order valence-corrected chi connectivity index (χ4v) is 2.77. The summed E-state index contributed by atoms with van der Waals surface area (Å²) in [6.07, 6.45) is 0. The topological polar surface area (TPSA) is 136 Å². The minimum atomic E-state index is -3.99. The predicted octanol–water partition coefficient (Wildman–Crippen LogP) is 1.54. The molecule has 0 bridgehead atoms. The van der Waals surface area contributed by atoms with Crippen LogP contribution in [0.25, 0.3) is 0 Å². The second kappa shape index (κ2) is 5.40. The van der Waals surface area contributed by atoms with Crippen LogP contribution in [-0.4, -0.2) is 23.6 Å². The van der Waals surface area contributed by atoms with Crippen molar-refractivity contribution in [1.29, 1.82) is 0 Å².